The number of nitrogen functional groups attached to an aromatic ring is 1. The zero-order valence-corrected chi connectivity index (χ0v) is 11.6. The summed E-state index contributed by atoms with van der Waals surface area (Å²) >= 11 is 5.87. The number of hydrogen-bond acceptors (Lipinski definition) is 3. The van der Waals surface area contributed by atoms with Crippen LogP contribution in [0, 0.1) is 5.92 Å². The van der Waals surface area contributed by atoms with E-state index in [1.807, 2.05) is 4.90 Å². The lowest BCUT2D eigenvalue weighted by atomic mass is 9.85. The summed E-state index contributed by atoms with van der Waals surface area (Å²) in [4.78, 5) is 18.5. The highest BCUT2D eigenvalue weighted by atomic mass is 35.5. The van der Waals surface area contributed by atoms with E-state index in [0.29, 0.717) is 28.4 Å². The number of anilines is 1. The van der Waals surface area contributed by atoms with Crippen LogP contribution in [0.4, 0.5) is 5.69 Å². The Bertz CT molecular complexity index is 505. The van der Waals surface area contributed by atoms with Crippen molar-refractivity contribution in [1.82, 2.24) is 9.88 Å². The Morgan fingerprint density at radius 1 is 1.37 bits per heavy atom. The van der Waals surface area contributed by atoms with Crippen LogP contribution in [-0.4, -0.2) is 28.4 Å². The Kier molecular flexibility index (Phi) is 3.35. The van der Waals surface area contributed by atoms with E-state index < -0.39 is 0 Å². The summed E-state index contributed by atoms with van der Waals surface area (Å²) in [5, 5.41) is 0.317. The van der Waals surface area contributed by atoms with Crippen LogP contribution in [0.3, 0.4) is 0 Å². The minimum Gasteiger partial charge on any atom is -0.397 e. The molecule has 2 heterocycles. The molecule has 1 saturated carbocycles. The number of likely N-dealkylation sites (tertiary alicyclic amines) is 1. The molecule has 3 rings (SSSR count). The first-order valence-corrected chi connectivity index (χ1v) is 7.26. The SMILES string of the molecule is Nc1cnc(Cl)cc1C(=O)N1CCC2CCCCC21. The number of halogens is 1. The van der Waals surface area contributed by atoms with Crippen molar-refractivity contribution in [3.05, 3.63) is 23.0 Å². The molecule has 1 saturated heterocycles. The van der Waals surface area contributed by atoms with E-state index in [9.17, 15) is 4.79 Å². The van der Waals surface area contributed by atoms with Gasteiger partial charge in [-0.25, -0.2) is 4.98 Å². The van der Waals surface area contributed by atoms with Crippen molar-refractivity contribution in [3.8, 4) is 0 Å². The molecule has 1 aliphatic carbocycles. The average molecular weight is 280 g/mol. The number of amides is 1. The van der Waals surface area contributed by atoms with Gasteiger partial charge in [-0.3, -0.25) is 4.79 Å². The highest BCUT2D eigenvalue weighted by Gasteiger charge is 2.38. The Labute approximate surface area is 117 Å². The van der Waals surface area contributed by atoms with Crippen molar-refractivity contribution in [2.75, 3.05) is 12.3 Å². The zero-order valence-electron chi connectivity index (χ0n) is 10.8. The van der Waals surface area contributed by atoms with Crippen LogP contribution in [0.25, 0.3) is 0 Å². The lowest BCUT2D eigenvalue weighted by Gasteiger charge is -2.31. The molecule has 1 aromatic heterocycles. The summed E-state index contributed by atoms with van der Waals surface area (Å²) in [6.07, 6.45) is 7.47. The van der Waals surface area contributed by atoms with Gasteiger partial charge < -0.3 is 10.6 Å². The topological polar surface area (TPSA) is 59.2 Å². The van der Waals surface area contributed by atoms with Gasteiger partial charge in [-0.05, 0) is 31.2 Å². The lowest BCUT2D eigenvalue weighted by molar-refractivity contribution is 0.0691. The van der Waals surface area contributed by atoms with E-state index in [1.54, 1.807) is 6.07 Å². The molecule has 4 nitrogen and oxygen atoms in total. The quantitative estimate of drug-likeness (QED) is 0.804. The second kappa shape index (κ2) is 5.00. The predicted octanol–water partition coefficient (Wildman–Crippen LogP) is 2.72. The summed E-state index contributed by atoms with van der Waals surface area (Å²) in [6.45, 7) is 0.841. The van der Waals surface area contributed by atoms with Crippen LogP contribution in [-0.2, 0) is 0 Å². The third-order valence-corrected chi connectivity index (χ3v) is 4.61. The number of nitrogens with zero attached hydrogens (tertiary/aromatic N) is 2. The van der Waals surface area contributed by atoms with E-state index in [2.05, 4.69) is 4.98 Å². The minimum absolute atomic E-state index is 0.0104. The standard InChI is InChI=1S/C14H18ClN3O/c15-13-7-10(11(16)8-17-13)14(19)18-6-5-9-3-1-2-4-12(9)18/h7-9,12H,1-6,16H2. The highest BCUT2D eigenvalue weighted by molar-refractivity contribution is 6.29. The van der Waals surface area contributed by atoms with Gasteiger partial charge in [0.05, 0.1) is 17.4 Å². The molecule has 1 aliphatic heterocycles. The molecule has 2 unspecified atom stereocenters. The van der Waals surface area contributed by atoms with Crippen LogP contribution in [0.5, 0.6) is 0 Å². The minimum atomic E-state index is 0.0104. The molecule has 0 aromatic carbocycles. The van der Waals surface area contributed by atoms with E-state index >= 15 is 0 Å². The summed E-state index contributed by atoms with van der Waals surface area (Å²) < 4.78 is 0. The van der Waals surface area contributed by atoms with Crippen LogP contribution in [0.15, 0.2) is 12.3 Å². The smallest absolute Gasteiger partial charge is 0.256 e. The molecule has 5 heteroatoms. The fourth-order valence-electron chi connectivity index (χ4n) is 3.44. The fourth-order valence-corrected chi connectivity index (χ4v) is 3.60. The van der Waals surface area contributed by atoms with Crippen molar-refractivity contribution in [2.24, 2.45) is 5.92 Å². The first kappa shape index (κ1) is 12.7. The molecule has 102 valence electrons. The van der Waals surface area contributed by atoms with Gasteiger partial charge >= 0.3 is 0 Å². The maximum atomic E-state index is 12.6. The molecule has 2 fully saturated rings. The molecular formula is C14H18ClN3O. The molecule has 0 spiro atoms. The first-order valence-electron chi connectivity index (χ1n) is 6.89. The Morgan fingerprint density at radius 3 is 3.00 bits per heavy atom. The third-order valence-electron chi connectivity index (χ3n) is 4.40. The van der Waals surface area contributed by atoms with Crippen molar-refractivity contribution in [2.45, 2.75) is 38.1 Å². The van der Waals surface area contributed by atoms with Gasteiger partial charge in [0, 0.05) is 12.6 Å². The number of hydrogen-bond donors (Lipinski definition) is 1. The average Bonchev–Trinajstić information content (AvgIpc) is 2.84. The molecule has 2 atom stereocenters. The van der Waals surface area contributed by atoms with Crippen LogP contribution in [0.2, 0.25) is 5.15 Å². The number of fused-ring (bicyclic) bond motifs is 1. The fraction of sp³-hybridized carbons (Fsp3) is 0.571. The number of nitrogens with two attached hydrogens (primary N) is 1. The Balaban J connectivity index is 1.85. The van der Waals surface area contributed by atoms with E-state index in [1.165, 1.54) is 25.5 Å². The second-order valence-electron chi connectivity index (χ2n) is 5.49. The maximum Gasteiger partial charge on any atom is 0.256 e. The number of pyridine rings is 1. The summed E-state index contributed by atoms with van der Waals surface area (Å²) in [5.41, 5.74) is 6.76. The predicted molar refractivity (Wildman–Crippen MR) is 75.1 cm³/mol. The molecule has 2 aliphatic rings. The van der Waals surface area contributed by atoms with Crippen molar-refractivity contribution in [1.29, 1.82) is 0 Å². The number of aromatic nitrogens is 1. The van der Waals surface area contributed by atoms with E-state index in [4.69, 9.17) is 17.3 Å². The van der Waals surface area contributed by atoms with Crippen molar-refractivity contribution >= 4 is 23.2 Å². The number of carbonyl (C=O) groups excluding carboxylic acids is 1. The monoisotopic (exact) mass is 279 g/mol. The molecule has 1 aromatic rings. The largest absolute Gasteiger partial charge is 0.397 e. The Morgan fingerprint density at radius 2 is 2.16 bits per heavy atom. The zero-order chi connectivity index (χ0) is 13.4. The molecule has 1 amide bonds. The molecule has 19 heavy (non-hydrogen) atoms. The van der Waals surface area contributed by atoms with Crippen LogP contribution in [0.1, 0.15) is 42.5 Å². The second-order valence-corrected chi connectivity index (χ2v) is 5.88. The van der Waals surface area contributed by atoms with Gasteiger partial charge in [-0.2, -0.15) is 0 Å². The number of rotatable bonds is 1. The maximum absolute atomic E-state index is 12.6. The van der Waals surface area contributed by atoms with Gasteiger partial charge in [0.15, 0.2) is 0 Å². The molecule has 2 N–H and O–H groups in total. The summed E-state index contributed by atoms with van der Waals surface area (Å²) in [5.74, 6) is 0.687. The highest BCUT2D eigenvalue weighted by Crippen LogP contribution is 2.37. The first-order chi connectivity index (χ1) is 9.16. The van der Waals surface area contributed by atoms with E-state index in [0.717, 1.165) is 19.4 Å². The summed E-state index contributed by atoms with van der Waals surface area (Å²) in [7, 11) is 0. The third kappa shape index (κ3) is 2.29. The van der Waals surface area contributed by atoms with E-state index in [-0.39, 0.29) is 5.91 Å². The van der Waals surface area contributed by atoms with Crippen LogP contribution < -0.4 is 5.73 Å². The van der Waals surface area contributed by atoms with Crippen molar-refractivity contribution in [3.63, 3.8) is 0 Å². The summed E-state index contributed by atoms with van der Waals surface area (Å²) in [6, 6.07) is 1.97. The normalized spacial score (nSPS) is 26.3. The van der Waals surface area contributed by atoms with Crippen molar-refractivity contribution < 1.29 is 4.79 Å². The van der Waals surface area contributed by atoms with Gasteiger partial charge in [-0.1, -0.05) is 24.4 Å². The molecular weight excluding hydrogens is 262 g/mol. The van der Waals surface area contributed by atoms with Gasteiger partial charge in [-0.15, -0.1) is 0 Å². The van der Waals surface area contributed by atoms with Gasteiger partial charge in [0.2, 0.25) is 0 Å². The van der Waals surface area contributed by atoms with Gasteiger partial charge in [0.1, 0.15) is 5.15 Å². The van der Waals surface area contributed by atoms with Gasteiger partial charge in [0.25, 0.3) is 5.91 Å². The molecule has 0 radical (unpaired) electrons. The lowest BCUT2D eigenvalue weighted by Crippen LogP contribution is -2.39. The number of carbonyl (C=O) groups is 1. The van der Waals surface area contributed by atoms with Crippen LogP contribution >= 0.6 is 11.6 Å². The molecule has 0 bridgehead atoms. The Hall–Kier alpha value is -1.29.